The molecule has 30 heavy (non-hydrogen) atoms. The Labute approximate surface area is 187 Å². The minimum absolute atomic E-state index is 0.0288. The molecule has 3 fully saturated rings. The van der Waals surface area contributed by atoms with Crippen molar-refractivity contribution < 1.29 is 14.3 Å². The summed E-state index contributed by atoms with van der Waals surface area (Å²) in [5.74, 6) is 2.17. The molecule has 0 amide bonds. The highest BCUT2D eigenvalue weighted by atomic mass is 79.9. The number of allylic oxidation sites excluding steroid dienone is 1. The van der Waals surface area contributed by atoms with Crippen LogP contribution in [0.4, 0.5) is 0 Å². The first-order valence-corrected chi connectivity index (χ1v) is 12.3. The quantitative estimate of drug-likeness (QED) is 0.365. The topological polar surface area (TPSA) is 43.4 Å². The lowest BCUT2D eigenvalue weighted by molar-refractivity contribution is -0.132. The summed E-state index contributed by atoms with van der Waals surface area (Å²) in [7, 11) is 0. The number of esters is 1. The smallest absolute Gasteiger partial charge is 0.338 e. The summed E-state index contributed by atoms with van der Waals surface area (Å²) in [5.41, 5.74) is 2.25. The van der Waals surface area contributed by atoms with Crippen molar-refractivity contribution in [2.75, 3.05) is 0 Å². The molecule has 6 atom stereocenters. The molecule has 0 N–H and O–H groups in total. The molecule has 0 bridgehead atoms. The van der Waals surface area contributed by atoms with Crippen LogP contribution in [0.15, 0.2) is 40.4 Å². The van der Waals surface area contributed by atoms with E-state index in [9.17, 15) is 9.59 Å². The summed E-state index contributed by atoms with van der Waals surface area (Å²) in [5, 5.41) is 0. The Morgan fingerprint density at radius 1 is 1.03 bits per heavy atom. The third-order valence-corrected chi connectivity index (χ3v) is 9.65. The van der Waals surface area contributed by atoms with Crippen molar-refractivity contribution in [1.82, 2.24) is 0 Å². The van der Waals surface area contributed by atoms with Gasteiger partial charge in [-0.2, -0.15) is 0 Å². The number of ketones is 1. The number of ether oxygens (including phenoxy) is 1. The van der Waals surface area contributed by atoms with E-state index in [1.807, 2.05) is 24.3 Å². The molecule has 0 radical (unpaired) electrons. The number of carbonyl (C=O) groups is 2. The molecule has 1 aromatic carbocycles. The first-order chi connectivity index (χ1) is 14.3. The maximum atomic E-state index is 12.6. The van der Waals surface area contributed by atoms with E-state index in [0.29, 0.717) is 29.1 Å². The van der Waals surface area contributed by atoms with Gasteiger partial charge >= 0.3 is 5.97 Å². The van der Waals surface area contributed by atoms with Crippen molar-refractivity contribution in [1.29, 1.82) is 0 Å². The highest BCUT2D eigenvalue weighted by Crippen LogP contribution is 2.64. The van der Waals surface area contributed by atoms with E-state index in [1.165, 1.54) is 12.0 Å². The van der Waals surface area contributed by atoms with Crippen molar-refractivity contribution in [2.45, 2.75) is 71.3 Å². The van der Waals surface area contributed by atoms with E-state index in [4.69, 9.17) is 4.74 Å². The van der Waals surface area contributed by atoms with Crippen molar-refractivity contribution in [3.05, 3.63) is 46.0 Å². The molecule has 0 aliphatic heterocycles. The lowest BCUT2D eigenvalue weighted by atomic mass is 9.48. The second-order valence-corrected chi connectivity index (χ2v) is 11.4. The van der Waals surface area contributed by atoms with Crippen LogP contribution in [0.25, 0.3) is 0 Å². The molecule has 1 aromatic rings. The minimum Gasteiger partial charge on any atom is -0.458 e. The predicted molar refractivity (Wildman–Crippen MR) is 120 cm³/mol. The summed E-state index contributed by atoms with van der Waals surface area (Å²) in [6.07, 6.45) is 10.5. The molecular formula is C26H31BrO3. The van der Waals surface area contributed by atoms with Crippen LogP contribution < -0.4 is 0 Å². The van der Waals surface area contributed by atoms with Gasteiger partial charge < -0.3 is 4.74 Å². The van der Waals surface area contributed by atoms with Gasteiger partial charge in [0.1, 0.15) is 11.9 Å². The molecule has 160 valence electrons. The van der Waals surface area contributed by atoms with Gasteiger partial charge in [0.05, 0.1) is 5.56 Å². The molecule has 4 heteroatoms. The highest BCUT2D eigenvalue weighted by Gasteiger charge is 2.58. The van der Waals surface area contributed by atoms with Crippen molar-refractivity contribution >= 4 is 27.7 Å². The number of benzene rings is 1. The van der Waals surface area contributed by atoms with Crippen LogP contribution in [0.5, 0.6) is 0 Å². The molecule has 0 saturated heterocycles. The third-order valence-electron chi connectivity index (χ3n) is 9.12. The summed E-state index contributed by atoms with van der Waals surface area (Å²) in [4.78, 5) is 25.2. The Morgan fingerprint density at radius 2 is 1.73 bits per heavy atom. The van der Waals surface area contributed by atoms with Gasteiger partial charge in [0, 0.05) is 22.7 Å². The summed E-state index contributed by atoms with van der Waals surface area (Å²) in [6.45, 7) is 4.69. The fourth-order valence-electron chi connectivity index (χ4n) is 7.30. The standard InChI is InChI=1S/C26H31BrO3/c1-25-13-11-19(30-24(29)16-3-6-18(27)7-4-16)15-17(25)5-8-20-21-9-10-23(28)26(21,2)14-12-22(20)25/h3-7,19-22H,8-15H2,1-2H3. The average molecular weight is 471 g/mol. The SMILES string of the molecule is CC12CCC3C(CC=C4CC(OC(=O)c5ccc(Br)cc5)CCC43C)C1CCC2=O. The molecule has 5 rings (SSSR count). The van der Waals surface area contributed by atoms with Gasteiger partial charge in [-0.1, -0.05) is 41.4 Å². The Balaban J connectivity index is 1.31. The highest BCUT2D eigenvalue weighted by molar-refractivity contribution is 9.10. The molecule has 4 aliphatic carbocycles. The number of rotatable bonds is 2. The van der Waals surface area contributed by atoms with Gasteiger partial charge in [-0.05, 0) is 86.0 Å². The molecule has 3 saturated carbocycles. The lowest BCUT2D eigenvalue weighted by Crippen LogP contribution is -2.50. The molecule has 6 unspecified atom stereocenters. The van der Waals surface area contributed by atoms with E-state index in [1.54, 1.807) is 0 Å². The predicted octanol–water partition coefficient (Wildman–Crippen LogP) is 6.51. The average Bonchev–Trinajstić information content (AvgIpc) is 3.03. The maximum absolute atomic E-state index is 12.6. The number of halogens is 1. The molecule has 0 aromatic heterocycles. The van der Waals surface area contributed by atoms with Gasteiger partial charge in [0.25, 0.3) is 0 Å². The number of carbonyl (C=O) groups excluding carboxylic acids is 2. The molecule has 3 nitrogen and oxygen atoms in total. The number of hydrogen-bond donors (Lipinski definition) is 0. The van der Waals surface area contributed by atoms with Crippen LogP contribution in [0, 0.1) is 28.6 Å². The van der Waals surface area contributed by atoms with Gasteiger partial charge in [-0.25, -0.2) is 4.79 Å². The third kappa shape index (κ3) is 3.13. The zero-order valence-corrected chi connectivity index (χ0v) is 19.5. The summed E-state index contributed by atoms with van der Waals surface area (Å²) in [6, 6.07) is 7.38. The minimum atomic E-state index is -0.219. The van der Waals surface area contributed by atoms with Crippen LogP contribution in [0.1, 0.15) is 75.6 Å². The van der Waals surface area contributed by atoms with Crippen LogP contribution in [-0.4, -0.2) is 17.9 Å². The van der Waals surface area contributed by atoms with Gasteiger partial charge in [-0.15, -0.1) is 0 Å². The lowest BCUT2D eigenvalue weighted by Gasteiger charge is -2.56. The van der Waals surface area contributed by atoms with Crippen molar-refractivity contribution in [3.63, 3.8) is 0 Å². The first-order valence-electron chi connectivity index (χ1n) is 11.5. The fraction of sp³-hybridized carbons (Fsp3) is 0.615. The van der Waals surface area contributed by atoms with Crippen LogP contribution in [-0.2, 0) is 9.53 Å². The molecule has 0 spiro atoms. The molecule has 0 heterocycles. The Hall–Kier alpha value is -1.42. The molecular weight excluding hydrogens is 440 g/mol. The van der Waals surface area contributed by atoms with Crippen LogP contribution >= 0.6 is 15.9 Å². The normalized spacial score (nSPS) is 40.1. The van der Waals surface area contributed by atoms with E-state index in [2.05, 4.69) is 35.9 Å². The summed E-state index contributed by atoms with van der Waals surface area (Å²) >= 11 is 3.41. The monoisotopic (exact) mass is 470 g/mol. The van der Waals surface area contributed by atoms with Crippen LogP contribution in [0.3, 0.4) is 0 Å². The Morgan fingerprint density at radius 3 is 2.50 bits per heavy atom. The van der Waals surface area contributed by atoms with E-state index in [0.717, 1.165) is 49.4 Å². The zero-order chi connectivity index (χ0) is 21.1. The van der Waals surface area contributed by atoms with Crippen molar-refractivity contribution in [2.24, 2.45) is 28.6 Å². The number of hydrogen-bond acceptors (Lipinski definition) is 3. The van der Waals surface area contributed by atoms with E-state index >= 15 is 0 Å². The van der Waals surface area contributed by atoms with Crippen molar-refractivity contribution in [3.8, 4) is 0 Å². The number of Topliss-reactive ketones (excluding diaryl/α,β-unsaturated/α-hetero) is 1. The van der Waals surface area contributed by atoms with E-state index in [-0.39, 0.29) is 22.9 Å². The Bertz CT molecular complexity index is 903. The van der Waals surface area contributed by atoms with E-state index < -0.39 is 0 Å². The maximum Gasteiger partial charge on any atom is 0.338 e. The first kappa shape index (κ1) is 20.5. The second-order valence-electron chi connectivity index (χ2n) is 10.5. The Kier molecular flexibility index (Phi) is 5.00. The largest absolute Gasteiger partial charge is 0.458 e. The fourth-order valence-corrected chi connectivity index (χ4v) is 7.57. The van der Waals surface area contributed by atoms with Gasteiger partial charge in [0.15, 0.2) is 0 Å². The van der Waals surface area contributed by atoms with Crippen LogP contribution in [0.2, 0.25) is 0 Å². The second kappa shape index (κ2) is 7.32. The summed E-state index contributed by atoms with van der Waals surface area (Å²) < 4.78 is 6.87. The van der Waals surface area contributed by atoms with Gasteiger partial charge in [0.2, 0.25) is 0 Å². The number of fused-ring (bicyclic) bond motifs is 5. The zero-order valence-electron chi connectivity index (χ0n) is 18.0. The van der Waals surface area contributed by atoms with Gasteiger partial charge in [-0.3, -0.25) is 4.79 Å². The molecule has 4 aliphatic rings.